The fraction of sp³-hybridized carbons (Fsp3) is 0.312. The predicted octanol–water partition coefficient (Wildman–Crippen LogP) is 2.46. The second-order valence-electron chi connectivity index (χ2n) is 4.81. The summed E-state index contributed by atoms with van der Waals surface area (Å²) in [6.07, 6.45) is 0.750. The minimum atomic E-state index is -0.359. The fourth-order valence-corrected chi connectivity index (χ4v) is 2.14. The van der Waals surface area contributed by atoms with Crippen LogP contribution in [0.25, 0.3) is 0 Å². The van der Waals surface area contributed by atoms with E-state index in [1.165, 1.54) is 33.8 Å². The molecule has 0 fully saturated rings. The molecule has 0 spiro atoms. The predicted molar refractivity (Wildman–Crippen MR) is 82.5 cm³/mol. The highest BCUT2D eigenvalue weighted by Gasteiger charge is 2.18. The van der Waals surface area contributed by atoms with Gasteiger partial charge >= 0.3 is 0 Å². The third-order valence-corrected chi connectivity index (χ3v) is 3.22. The molecule has 0 saturated heterocycles. The molecule has 0 aliphatic rings. The largest absolute Gasteiger partial charge is 0.307 e. The van der Waals surface area contributed by atoms with Crippen LogP contribution in [0.2, 0.25) is 0 Å². The molecule has 0 bridgehead atoms. The molecular formula is C16H18FN3O2. The average Bonchev–Trinajstić information content (AvgIpc) is 2.52. The zero-order valence-corrected chi connectivity index (χ0v) is 12.6. The van der Waals surface area contributed by atoms with Crippen LogP contribution in [0.5, 0.6) is 0 Å². The van der Waals surface area contributed by atoms with Crippen molar-refractivity contribution in [2.75, 3.05) is 11.4 Å². The summed E-state index contributed by atoms with van der Waals surface area (Å²) in [4.78, 5) is 25.7. The number of benzene rings is 1. The SMILES string of the molecule is CCCn1nc(C(=O)N(CC)c2ccc(F)cc2)ccc1=O. The van der Waals surface area contributed by atoms with Crippen molar-refractivity contribution in [2.24, 2.45) is 0 Å². The maximum absolute atomic E-state index is 13.0. The van der Waals surface area contributed by atoms with Crippen LogP contribution in [0, 0.1) is 5.82 Å². The minimum Gasteiger partial charge on any atom is -0.307 e. The van der Waals surface area contributed by atoms with Gasteiger partial charge in [-0.3, -0.25) is 9.59 Å². The number of anilines is 1. The molecule has 0 unspecified atom stereocenters. The molecule has 0 aliphatic carbocycles. The van der Waals surface area contributed by atoms with Gasteiger partial charge < -0.3 is 4.90 Å². The van der Waals surface area contributed by atoms with Crippen LogP contribution >= 0.6 is 0 Å². The molecule has 1 aromatic carbocycles. The zero-order chi connectivity index (χ0) is 16.1. The van der Waals surface area contributed by atoms with Crippen molar-refractivity contribution in [3.05, 3.63) is 58.3 Å². The molecular weight excluding hydrogens is 285 g/mol. The van der Waals surface area contributed by atoms with Crippen LogP contribution in [-0.2, 0) is 6.54 Å². The smallest absolute Gasteiger partial charge is 0.278 e. The van der Waals surface area contributed by atoms with E-state index in [1.807, 2.05) is 13.8 Å². The van der Waals surface area contributed by atoms with Crippen molar-refractivity contribution < 1.29 is 9.18 Å². The summed E-state index contributed by atoms with van der Waals surface area (Å²) >= 11 is 0. The van der Waals surface area contributed by atoms with Gasteiger partial charge in [0, 0.05) is 24.8 Å². The van der Waals surface area contributed by atoms with E-state index in [1.54, 1.807) is 12.1 Å². The minimum absolute atomic E-state index is 0.194. The fourth-order valence-electron chi connectivity index (χ4n) is 2.14. The maximum Gasteiger partial charge on any atom is 0.278 e. The second-order valence-corrected chi connectivity index (χ2v) is 4.81. The van der Waals surface area contributed by atoms with E-state index in [4.69, 9.17) is 0 Å². The van der Waals surface area contributed by atoms with E-state index < -0.39 is 0 Å². The third kappa shape index (κ3) is 3.39. The Morgan fingerprint density at radius 2 is 1.86 bits per heavy atom. The highest BCUT2D eigenvalue weighted by Crippen LogP contribution is 2.16. The van der Waals surface area contributed by atoms with Gasteiger partial charge in [0.2, 0.25) is 0 Å². The molecule has 2 rings (SSSR count). The first-order chi connectivity index (χ1) is 10.6. The van der Waals surface area contributed by atoms with Gasteiger partial charge in [0.25, 0.3) is 11.5 Å². The van der Waals surface area contributed by atoms with E-state index in [0.29, 0.717) is 18.8 Å². The van der Waals surface area contributed by atoms with Crippen LogP contribution in [0.15, 0.2) is 41.2 Å². The molecule has 2 aromatic rings. The van der Waals surface area contributed by atoms with Crippen molar-refractivity contribution in [3.63, 3.8) is 0 Å². The quantitative estimate of drug-likeness (QED) is 0.852. The monoisotopic (exact) mass is 303 g/mol. The van der Waals surface area contributed by atoms with Crippen molar-refractivity contribution >= 4 is 11.6 Å². The Morgan fingerprint density at radius 1 is 1.18 bits per heavy atom. The molecule has 116 valence electrons. The normalized spacial score (nSPS) is 10.5. The van der Waals surface area contributed by atoms with Gasteiger partial charge in [0.05, 0.1) is 0 Å². The first-order valence-corrected chi connectivity index (χ1v) is 7.22. The van der Waals surface area contributed by atoms with Crippen LogP contribution in [0.1, 0.15) is 30.8 Å². The molecule has 1 heterocycles. The van der Waals surface area contributed by atoms with Gasteiger partial charge in [0.15, 0.2) is 0 Å². The van der Waals surface area contributed by atoms with E-state index >= 15 is 0 Å². The molecule has 0 saturated carbocycles. The lowest BCUT2D eigenvalue weighted by molar-refractivity contribution is 0.0981. The lowest BCUT2D eigenvalue weighted by Crippen LogP contribution is -2.33. The summed E-state index contributed by atoms with van der Waals surface area (Å²) in [5.41, 5.74) is 0.548. The van der Waals surface area contributed by atoms with Crippen LogP contribution in [-0.4, -0.2) is 22.2 Å². The molecule has 0 atom stereocenters. The first-order valence-electron chi connectivity index (χ1n) is 7.22. The number of hydrogen-bond acceptors (Lipinski definition) is 3. The van der Waals surface area contributed by atoms with Gasteiger partial charge in [-0.1, -0.05) is 6.92 Å². The van der Waals surface area contributed by atoms with Gasteiger partial charge in [-0.05, 0) is 43.7 Å². The molecule has 0 radical (unpaired) electrons. The Bertz CT molecular complexity index is 710. The van der Waals surface area contributed by atoms with Gasteiger partial charge in [-0.2, -0.15) is 5.10 Å². The number of aromatic nitrogens is 2. The molecule has 6 heteroatoms. The van der Waals surface area contributed by atoms with E-state index in [-0.39, 0.29) is 23.0 Å². The third-order valence-electron chi connectivity index (χ3n) is 3.22. The van der Waals surface area contributed by atoms with Gasteiger partial charge in [-0.25, -0.2) is 9.07 Å². The zero-order valence-electron chi connectivity index (χ0n) is 12.6. The number of amides is 1. The van der Waals surface area contributed by atoms with Crippen molar-refractivity contribution in [2.45, 2.75) is 26.8 Å². The standard InChI is InChI=1S/C16H18FN3O2/c1-3-11-20-15(21)10-9-14(18-20)16(22)19(4-2)13-7-5-12(17)6-8-13/h5-10H,3-4,11H2,1-2H3. The molecule has 22 heavy (non-hydrogen) atoms. The number of halogens is 1. The number of carbonyl (C=O) groups excluding carboxylic acids is 1. The van der Waals surface area contributed by atoms with Crippen molar-refractivity contribution in [1.29, 1.82) is 0 Å². The molecule has 1 amide bonds. The van der Waals surface area contributed by atoms with Crippen LogP contribution < -0.4 is 10.5 Å². The number of rotatable bonds is 5. The molecule has 0 N–H and O–H groups in total. The Morgan fingerprint density at radius 3 is 2.45 bits per heavy atom. The Kier molecular flexibility index (Phi) is 5.04. The molecule has 5 nitrogen and oxygen atoms in total. The number of nitrogens with zero attached hydrogens (tertiary/aromatic N) is 3. The number of hydrogen-bond donors (Lipinski definition) is 0. The first kappa shape index (κ1) is 15.9. The number of aryl methyl sites for hydroxylation is 1. The lowest BCUT2D eigenvalue weighted by atomic mass is 10.2. The average molecular weight is 303 g/mol. The van der Waals surface area contributed by atoms with E-state index in [0.717, 1.165) is 6.42 Å². The van der Waals surface area contributed by atoms with Gasteiger partial charge in [0.1, 0.15) is 11.5 Å². The van der Waals surface area contributed by atoms with Crippen molar-refractivity contribution in [3.8, 4) is 0 Å². The van der Waals surface area contributed by atoms with E-state index in [9.17, 15) is 14.0 Å². The summed E-state index contributed by atoms with van der Waals surface area (Å²) in [7, 11) is 0. The lowest BCUT2D eigenvalue weighted by Gasteiger charge is -2.20. The Balaban J connectivity index is 2.34. The summed E-state index contributed by atoms with van der Waals surface area (Å²) in [6, 6.07) is 8.45. The van der Waals surface area contributed by atoms with E-state index in [2.05, 4.69) is 5.10 Å². The maximum atomic E-state index is 13.0. The van der Waals surface area contributed by atoms with Crippen LogP contribution in [0.3, 0.4) is 0 Å². The molecule has 1 aromatic heterocycles. The summed E-state index contributed by atoms with van der Waals surface area (Å²) < 4.78 is 14.3. The second kappa shape index (κ2) is 6.98. The highest BCUT2D eigenvalue weighted by atomic mass is 19.1. The Hall–Kier alpha value is -2.50. The summed E-state index contributed by atoms with van der Waals surface area (Å²) in [6.45, 7) is 4.63. The summed E-state index contributed by atoms with van der Waals surface area (Å²) in [5, 5.41) is 4.11. The number of carbonyl (C=O) groups is 1. The highest BCUT2D eigenvalue weighted by molar-refractivity contribution is 6.04. The topological polar surface area (TPSA) is 55.2 Å². The Labute approximate surface area is 128 Å². The summed E-state index contributed by atoms with van der Waals surface area (Å²) in [5.74, 6) is -0.680. The molecule has 0 aliphatic heterocycles. The van der Waals surface area contributed by atoms with Crippen molar-refractivity contribution in [1.82, 2.24) is 9.78 Å². The van der Waals surface area contributed by atoms with Crippen LogP contribution in [0.4, 0.5) is 10.1 Å². The van der Waals surface area contributed by atoms with Gasteiger partial charge in [-0.15, -0.1) is 0 Å².